The highest BCUT2D eigenvalue weighted by Crippen LogP contribution is 2.24. The van der Waals surface area contributed by atoms with Gasteiger partial charge in [-0.2, -0.15) is 0 Å². The summed E-state index contributed by atoms with van der Waals surface area (Å²) in [7, 11) is -0.636. The second-order valence-corrected chi connectivity index (χ2v) is 7.56. The van der Waals surface area contributed by atoms with Gasteiger partial charge in [-0.3, -0.25) is 4.79 Å². The molecule has 1 amide bonds. The Hall–Kier alpha value is -2.09. The number of hydrogen-bond donors (Lipinski definition) is 2. The van der Waals surface area contributed by atoms with Crippen LogP contribution in [0.4, 0.5) is 11.4 Å². The van der Waals surface area contributed by atoms with Crippen LogP contribution in [0.25, 0.3) is 0 Å². The Bertz CT molecular complexity index is 834. The van der Waals surface area contributed by atoms with E-state index in [0.717, 1.165) is 4.31 Å². The number of nitrogen functional groups attached to an aromatic ring is 1. The minimum Gasteiger partial charge on any atom is -0.399 e. The molecule has 8 heteroatoms. The van der Waals surface area contributed by atoms with Crippen molar-refractivity contribution in [2.75, 3.05) is 25.1 Å². The van der Waals surface area contributed by atoms with Crippen molar-refractivity contribution < 1.29 is 13.2 Å². The van der Waals surface area contributed by atoms with E-state index in [4.69, 9.17) is 17.3 Å². The monoisotopic (exact) mass is 353 g/mol. The number of nitrogens with zero attached hydrogens (tertiary/aromatic N) is 1. The number of nitrogens with one attached hydrogen (secondary N) is 1. The number of sulfonamides is 1. The number of carbonyl (C=O) groups excluding carboxylic acids is 1. The smallest absolute Gasteiger partial charge is 0.255 e. The van der Waals surface area contributed by atoms with Crippen molar-refractivity contribution in [3.05, 3.63) is 53.1 Å². The van der Waals surface area contributed by atoms with Gasteiger partial charge in [-0.15, -0.1) is 0 Å². The van der Waals surface area contributed by atoms with Gasteiger partial charge in [-0.25, -0.2) is 12.7 Å². The van der Waals surface area contributed by atoms with Gasteiger partial charge in [0.2, 0.25) is 10.0 Å². The van der Waals surface area contributed by atoms with Gasteiger partial charge in [0.25, 0.3) is 5.91 Å². The summed E-state index contributed by atoms with van der Waals surface area (Å²) in [5, 5.41) is 2.97. The molecule has 0 spiro atoms. The molecule has 0 saturated heterocycles. The summed E-state index contributed by atoms with van der Waals surface area (Å²) in [6.07, 6.45) is 0. The van der Waals surface area contributed by atoms with Crippen molar-refractivity contribution >= 4 is 38.9 Å². The van der Waals surface area contributed by atoms with Gasteiger partial charge in [0.05, 0.1) is 15.6 Å². The molecule has 0 aliphatic heterocycles. The zero-order valence-electron chi connectivity index (χ0n) is 12.6. The molecule has 0 unspecified atom stereocenters. The van der Waals surface area contributed by atoms with Crippen molar-refractivity contribution in [1.82, 2.24) is 4.31 Å². The van der Waals surface area contributed by atoms with Crippen LogP contribution < -0.4 is 11.1 Å². The van der Waals surface area contributed by atoms with Crippen molar-refractivity contribution in [1.29, 1.82) is 0 Å². The van der Waals surface area contributed by atoms with Crippen LogP contribution in [0.15, 0.2) is 47.4 Å². The van der Waals surface area contributed by atoms with E-state index in [0.29, 0.717) is 22.0 Å². The van der Waals surface area contributed by atoms with E-state index >= 15 is 0 Å². The summed E-state index contributed by atoms with van der Waals surface area (Å²) >= 11 is 6.00. The van der Waals surface area contributed by atoms with Gasteiger partial charge in [-0.05, 0) is 42.5 Å². The van der Waals surface area contributed by atoms with E-state index in [-0.39, 0.29) is 4.90 Å². The summed E-state index contributed by atoms with van der Waals surface area (Å²) in [6, 6.07) is 10.4. The minimum atomic E-state index is -3.52. The standard InChI is InChI=1S/C15H16ClN3O3S/c1-19(2)23(21,22)12-6-3-10(4-7-12)15(20)18-14-8-5-11(17)9-13(14)16/h3-9H,17H2,1-2H3,(H,18,20). The fourth-order valence-corrected chi connectivity index (χ4v) is 2.95. The Morgan fingerprint density at radius 2 is 1.74 bits per heavy atom. The Morgan fingerprint density at radius 3 is 2.26 bits per heavy atom. The molecular formula is C15H16ClN3O3S. The first-order chi connectivity index (χ1) is 10.7. The van der Waals surface area contributed by atoms with Crippen LogP contribution in [0.2, 0.25) is 5.02 Å². The molecule has 0 aliphatic carbocycles. The van der Waals surface area contributed by atoms with Crippen LogP contribution in [0.3, 0.4) is 0 Å². The number of carbonyl (C=O) groups is 1. The summed E-state index contributed by atoms with van der Waals surface area (Å²) < 4.78 is 25.1. The third kappa shape index (κ3) is 3.82. The van der Waals surface area contributed by atoms with Crippen molar-refractivity contribution in [3.63, 3.8) is 0 Å². The predicted octanol–water partition coefficient (Wildman–Crippen LogP) is 2.42. The lowest BCUT2D eigenvalue weighted by molar-refractivity contribution is 0.102. The molecule has 3 N–H and O–H groups in total. The highest BCUT2D eigenvalue weighted by molar-refractivity contribution is 7.89. The van der Waals surface area contributed by atoms with Crippen LogP contribution in [0.5, 0.6) is 0 Å². The number of amides is 1. The molecule has 0 aliphatic rings. The average molecular weight is 354 g/mol. The number of hydrogen-bond acceptors (Lipinski definition) is 4. The first-order valence-corrected chi connectivity index (χ1v) is 8.42. The Kier molecular flexibility index (Phi) is 4.93. The highest BCUT2D eigenvalue weighted by Gasteiger charge is 2.17. The maximum absolute atomic E-state index is 12.2. The molecular weight excluding hydrogens is 338 g/mol. The van der Waals surface area contributed by atoms with E-state index in [1.165, 1.54) is 44.4 Å². The number of nitrogens with two attached hydrogens (primary N) is 1. The van der Waals surface area contributed by atoms with Crippen LogP contribution in [0, 0.1) is 0 Å². The fourth-order valence-electron chi connectivity index (χ4n) is 1.82. The molecule has 0 heterocycles. The Morgan fingerprint density at radius 1 is 1.13 bits per heavy atom. The van der Waals surface area contributed by atoms with Gasteiger partial charge in [-0.1, -0.05) is 11.6 Å². The molecule has 0 aromatic heterocycles. The summed E-state index contributed by atoms with van der Waals surface area (Å²) in [6.45, 7) is 0. The van der Waals surface area contributed by atoms with E-state index in [9.17, 15) is 13.2 Å². The molecule has 23 heavy (non-hydrogen) atoms. The number of rotatable bonds is 4. The third-order valence-electron chi connectivity index (χ3n) is 3.14. The van der Waals surface area contributed by atoms with Gasteiger partial charge in [0, 0.05) is 25.3 Å². The Labute approximate surface area is 139 Å². The van der Waals surface area contributed by atoms with Crippen molar-refractivity contribution in [2.45, 2.75) is 4.90 Å². The van der Waals surface area contributed by atoms with Crippen LogP contribution >= 0.6 is 11.6 Å². The highest BCUT2D eigenvalue weighted by atomic mass is 35.5. The van der Waals surface area contributed by atoms with E-state index in [2.05, 4.69) is 5.32 Å². The first kappa shape index (κ1) is 17.3. The van der Waals surface area contributed by atoms with Gasteiger partial charge < -0.3 is 11.1 Å². The topological polar surface area (TPSA) is 92.5 Å². The van der Waals surface area contributed by atoms with Crippen LogP contribution in [0.1, 0.15) is 10.4 Å². The minimum absolute atomic E-state index is 0.115. The van der Waals surface area contributed by atoms with Gasteiger partial charge in [0.1, 0.15) is 0 Å². The van der Waals surface area contributed by atoms with Gasteiger partial charge in [0.15, 0.2) is 0 Å². The molecule has 0 radical (unpaired) electrons. The fraction of sp³-hybridized carbons (Fsp3) is 0.133. The molecule has 6 nitrogen and oxygen atoms in total. The largest absolute Gasteiger partial charge is 0.399 e. The molecule has 2 rings (SSSR count). The number of halogens is 1. The number of benzene rings is 2. The molecule has 0 atom stereocenters. The molecule has 0 saturated carbocycles. The summed E-state index contributed by atoms with van der Waals surface area (Å²) in [4.78, 5) is 12.3. The second-order valence-electron chi connectivity index (χ2n) is 5.01. The SMILES string of the molecule is CN(C)S(=O)(=O)c1ccc(C(=O)Nc2ccc(N)cc2Cl)cc1. The zero-order valence-corrected chi connectivity index (χ0v) is 14.1. The maximum Gasteiger partial charge on any atom is 0.255 e. The Balaban J connectivity index is 2.21. The first-order valence-electron chi connectivity index (χ1n) is 6.61. The zero-order chi connectivity index (χ0) is 17.2. The lowest BCUT2D eigenvalue weighted by Crippen LogP contribution is -2.22. The van der Waals surface area contributed by atoms with Crippen molar-refractivity contribution in [3.8, 4) is 0 Å². The van der Waals surface area contributed by atoms with E-state index in [1.54, 1.807) is 12.1 Å². The quantitative estimate of drug-likeness (QED) is 0.825. The third-order valence-corrected chi connectivity index (χ3v) is 5.28. The molecule has 0 bridgehead atoms. The molecule has 2 aromatic rings. The lowest BCUT2D eigenvalue weighted by Gasteiger charge is -2.12. The van der Waals surface area contributed by atoms with Crippen LogP contribution in [-0.2, 0) is 10.0 Å². The number of anilines is 2. The average Bonchev–Trinajstić information content (AvgIpc) is 2.50. The van der Waals surface area contributed by atoms with Crippen LogP contribution in [-0.4, -0.2) is 32.7 Å². The van der Waals surface area contributed by atoms with Crippen molar-refractivity contribution in [2.24, 2.45) is 0 Å². The molecule has 122 valence electrons. The molecule has 0 fully saturated rings. The van der Waals surface area contributed by atoms with E-state index < -0.39 is 15.9 Å². The lowest BCUT2D eigenvalue weighted by atomic mass is 10.2. The predicted molar refractivity (Wildman–Crippen MR) is 91.1 cm³/mol. The van der Waals surface area contributed by atoms with Gasteiger partial charge >= 0.3 is 0 Å². The second kappa shape index (κ2) is 6.57. The normalized spacial score (nSPS) is 11.5. The molecule has 2 aromatic carbocycles. The summed E-state index contributed by atoms with van der Waals surface area (Å²) in [5.41, 5.74) is 6.83. The van der Waals surface area contributed by atoms with E-state index in [1.807, 2.05) is 0 Å². The summed E-state index contributed by atoms with van der Waals surface area (Å²) in [5.74, 6) is -0.398. The maximum atomic E-state index is 12.2.